The smallest absolute Gasteiger partial charge is 0.323 e. The second kappa shape index (κ2) is 6.96. The molecule has 19 heavy (non-hydrogen) atoms. The van der Waals surface area contributed by atoms with Gasteiger partial charge in [-0.3, -0.25) is 9.59 Å². The van der Waals surface area contributed by atoms with Crippen LogP contribution in [0.25, 0.3) is 0 Å². The van der Waals surface area contributed by atoms with Crippen LogP contribution in [0, 0.1) is 5.92 Å². The topological polar surface area (TPSA) is 90.0 Å². The van der Waals surface area contributed by atoms with Gasteiger partial charge in [-0.2, -0.15) is 0 Å². The summed E-state index contributed by atoms with van der Waals surface area (Å²) < 4.78 is 0. The summed E-state index contributed by atoms with van der Waals surface area (Å²) in [4.78, 5) is 36.1. The molecule has 0 radical (unpaired) electrons. The maximum absolute atomic E-state index is 11.9. The highest BCUT2D eigenvalue weighted by atomic mass is 16.4. The number of likely N-dealkylation sites (tertiary alicyclic amines) is 1. The van der Waals surface area contributed by atoms with Crippen LogP contribution in [0.1, 0.15) is 19.8 Å². The molecule has 2 N–H and O–H groups in total. The second-order valence-corrected chi connectivity index (χ2v) is 4.90. The molecule has 1 rings (SSSR count). The lowest BCUT2D eigenvalue weighted by atomic mass is 9.97. The number of rotatable bonds is 4. The Kier molecular flexibility index (Phi) is 5.59. The van der Waals surface area contributed by atoms with Crippen molar-refractivity contribution in [1.29, 1.82) is 0 Å². The van der Waals surface area contributed by atoms with Crippen molar-refractivity contribution in [3.8, 4) is 0 Å². The molecule has 7 heteroatoms. The Labute approximate surface area is 112 Å². The summed E-state index contributed by atoms with van der Waals surface area (Å²) >= 11 is 0. The summed E-state index contributed by atoms with van der Waals surface area (Å²) in [7, 11) is 1.49. The van der Waals surface area contributed by atoms with Gasteiger partial charge in [0.2, 0.25) is 5.91 Å². The van der Waals surface area contributed by atoms with Gasteiger partial charge in [-0.05, 0) is 18.8 Å². The summed E-state index contributed by atoms with van der Waals surface area (Å²) in [6.07, 6.45) is 1.65. The molecule has 0 bridgehead atoms. The number of hydrogen-bond acceptors (Lipinski definition) is 3. The summed E-state index contributed by atoms with van der Waals surface area (Å²) in [5.74, 6) is -0.672. The Morgan fingerprint density at radius 3 is 2.37 bits per heavy atom. The number of likely N-dealkylation sites (N-methyl/N-ethyl adjacent to an activating group) is 1. The van der Waals surface area contributed by atoms with E-state index in [9.17, 15) is 14.4 Å². The van der Waals surface area contributed by atoms with E-state index >= 15 is 0 Å². The van der Waals surface area contributed by atoms with Gasteiger partial charge in [-0.25, -0.2) is 4.79 Å². The van der Waals surface area contributed by atoms with Gasteiger partial charge in [-0.15, -0.1) is 0 Å². The molecule has 0 spiro atoms. The Morgan fingerprint density at radius 2 is 1.89 bits per heavy atom. The third kappa shape index (κ3) is 5.15. The molecule has 1 heterocycles. The fourth-order valence-corrected chi connectivity index (χ4v) is 2.13. The van der Waals surface area contributed by atoms with E-state index in [1.54, 1.807) is 4.90 Å². The number of carboxylic acid groups (broad SMARTS) is 1. The van der Waals surface area contributed by atoms with E-state index in [2.05, 4.69) is 5.32 Å². The third-order valence-corrected chi connectivity index (χ3v) is 3.22. The highest BCUT2D eigenvalue weighted by molar-refractivity contribution is 5.80. The van der Waals surface area contributed by atoms with E-state index in [1.807, 2.05) is 0 Å². The molecule has 1 aliphatic heterocycles. The molecule has 0 aromatic heterocycles. The first-order valence-electron chi connectivity index (χ1n) is 6.36. The van der Waals surface area contributed by atoms with Crippen LogP contribution in [0.4, 0.5) is 4.79 Å². The van der Waals surface area contributed by atoms with Gasteiger partial charge < -0.3 is 20.2 Å². The van der Waals surface area contributed by atoms with E-state index in [1.165, 1.54) is 18.9 Å². The minimum Gasteiger partial charge on any atom is -0.480 e. The van der Waals surface area contributed by atoms with E-state index in [0.717, 1.165) is 12.8 Å². The Balaban J connectivity index is 2.34. The first-order valence-corrected chi connectivity index (χ1v) is 6.36. The number of amides is 3. The number of carboxylic acids is 1. The van der Waals surface area contributed by atoms with E-state index in [-0.39, 0.29) is 18.5 Å². The Morgan fingerprint density at radius 1 is 1.32 bits per heavy atom. The lowest BCUT2D eigenvalue weighted by molar-refractivity contribution is -0.137. The third-order valence-electron chi connectivity index (χ3n) is 3.22. The van der Waals surface area contributed by atoms with Crippen LogP contribution in [-0.4, -0.2) is 66.0 Å². The van der Waals surface area contributed by atoms with E-state index in [0.29, 0.717) is 25.6 Å². The lowest BCUT2D eigenvalue weighted by Gasteiger charge is -2.34. The van der Waals surface area contributed by atoms with Gasteiger partial charge in [0, 0.05) is 33.6 Å². The number of nitrogens with zero attached hydrogens (tertiary/aromatic N) is 2. The minimum atomic E-state index is -1.02. The number of urea groups is 1. The maximum Gasteiger partial charge on any atom is 0.323 e. The molecule has 0 atom stereocenters. The molecule has 108 valence electrons. The van der Waals surface area contributed by atoms with Crippen molar-refractivity contribution < 1.29 is 19.5 Å². The molecule has 0 aromatic rings. The van der Waals surface area contributed by atoms with Gasteiger partial charge >= 0.3 is 12.0 Å². The molecule has 3 amide bonds. The molecule has 1 saturated heterocycles. The summed E-state index contributed by atoms with van der Waals surface area (Å²) in [6.45, 7) is 3.05. The van der Waals surface area contributed by atoms with Gasteiger partial charge in [0.15, 0.2) is 0 Å². The molecular formula is C12H21N3O4. The average molecular weight is 271 g/mol. The van der Waals surface area contributed by atoms with Crippen molar-refractivity contribution in [2.45, 2.75) is 19.8 Å². The summed E-state index contributed by atoms with van der Waals surface area (Å²) in [5.41, 5.74) is 0. The molecule has 0 aliphatic carbocycles. The number of hydrogen-bond donors (Lipinski definition) is 2. The molecular weight excluding hydrogens is 250 g/mol. The molecule has 1 fully saturated rings. The fourth-order valence-electron chi connectivity index (χ4n) is 2.13. The summed E-state index contributed by atoms with van der Waals surface area (Å²) in [6, 6.07) is -0.250. The van der Waals surface area contributed by atoms with Crippen molar-refractivity contribution in [2.75, 3.05) is 33.2 Å². The van der Waals surface area contributed by atoms with Crippen molar-refractivity contribution in [3.63, 3.8) is 0 Å². The zero-order chi connectivity index (χ0) is 14.4. The number of piperidine rings is 1. The number of nitrogens with one attached hydrogen (secondary N) is 1. The summed E-state index contributed by atoms with van der Waals surface area (Å²) in [5, 5.41) is 11.4. The van der Waals surface area contributed by atoms with Crippen LogP contribution in [0.2, 0.25) is 0 Å². The lowest BCUT2D eigenvalue weighted by Crippen LogP contribution is -2.47. The largest absolute Gasteiger partial charge is 0.480 e. The van der Waals surface area contributed by atoms with E-state index < -0.39 is 5.97 Å². The predicted molar refractivity (Wildman–Crippen MR) is 68.6 cm³/mol. The Hall–Kier alpha value is -1.79. The molecule has 7 nitrogen and oxygen atoms in total. The highest BCUT2D eigenvalue weighted by Gasteiger charge is 2.25. The Bertz CT molecular complexity index is 351. The van der Waals surface area contributed by atoms with Gasteiger partial charge in [-0.1, -0.05) is 0 Å². The van der Waals surface area contributed by atoms with Gasteiger partial charge in [0.25, 0.3) is 0 Å². The van der Waals surface area contributed by atoms with Crippen molar-refractivity contribution in [2.24, 2.45) is 5.92 Å². The second-order valence-electron chi connectivity index (χ2n) is 4.90. The van der Waals surface area contributed by atoms with Crippen LogP contribution >= 0.6 is 0 Å². The quantitative estimate of drug-likeness (QED) is 0.751. The average Bonchev–Trinajstić information content (AvgIpc) is 2.35. The molecule has 1 aliphatic rings. The number of carbonyl (C=O) groups excluding carboxylic acids is 2. The van der Waals surface area contributed by atoms with Crippen LogP contribution in [0.15, 0.2) is 0 Å². The zero-order valence-corrected chi connectivity index (χ0v) is 11.4. The highest BCUT2D eigenvalue weighted by Crippen LogP contribution is 2.17. The zero-order valence-electron chi connectivity index (χ0n) is 11.4. The van der Waals surface area contributed by atoms with Crippen LogP contribution in [0.5, 0.6) is 0 Å². The SMILES string of the molecule is CC(=O)NCC1CCN(C(=O)N(C)CC(=O)O)CC1. The predicted octanol–water partition coefficient (Wildman–Crippen LogP) is -0.0291. The molecule has 0 saturated carbocycles. The maximum atomic E-state index is 11.9. The monoisotopic (exact) mass is 271 g/mol. The number of aliphatic carboxylic acids is 1. The van der Waals surface area contributed by atoms with Crippen LogP contribution in [-0.2, 0) is 9.59 Å². The van der Waals surface area contributed by atoms with Crippen LogP contribution < -0.4 is 5.32 Å². The number of carbonyl (C=O) groups is 3. The van der Waals surface area contributed by atoms with Gasteiger partial charge in [0.05, 0.1) is 0 Å². The molecule has 0 unspecified atom stereocenters. The van der Waals surface area contributed by atoms with Crippen molar-refractivity contribution in [3.05, 3.63) is 0 Å². The fraction of sp³-hybridized carbons (Fsp3) is 0.750. The van der Waals surface area contributed by atoms with Crippen LogP contribution in [0.3, 0.4) is 0 Å². The molecule has 0 aromatic carbocycles. The standard InChI is InChI=1S/C12H21N3O4/c1-9(16)13-7-10-3-5-15(6-4-10)12(19)14(2)8-11(17)18/h10H,3-8H2,1-2H3,(H,13,16)(H,17,18). The normalized spacial score (nSPS) is 16.0. The van der Waals surface area contributed by atoms with Crippen molar-refractivity contribution in [1.82, 2.24) is 15.1 Å². The first-order chi connectivity index (χ1) is 8.90. The minimum absolute atomic E-state index is 0.0419. The van der Waals surface area contributed by atoms with Gasteiger partial charge in [0.1, 0.15) is 6.54 Å². The van der Waals surface area contributed by atoms with E-state index in [4.69, 9.17) is 5.11 Å². The first kappa shape index (κ1) is 15.3. The van der Waals surface area contributed by atoms with Crippen molar-refractivity contribution >= 4 is 17.9 Å².